The highest BCUT2D eigenvalue weighted by Gasteiger charge is 2.14. The van der Waals surface area contributed by atoms with Crippen LogP contribution in [0.25, 0.3) is 0 Å². The van der Waals surface area contributed by atoms with Gasteiger partial charge >= 0.3 is 5.97 Å². The number of aliphatic carboxylic acids is 1. The van der Waals surface area contributed by atoms with Gasteiger partial charge in [0.25, 0.3) is 0 Å². The van der Waals surface area contributed by atoms with Crippen LogP contribution in [-0.2, 0) is 16.1 Å². The van der Waals surface area contributed by atoms with Gasteiger partial charge in [-0.25, -0.2) is 0 Å². The van der Waals surface area contributed by atoms with Crippen LogP contribution in [0.1, 0.15) is 11.1 Å². The van der Waals surface area contributed by atoms with Gasteiger partial charge in [-0.15, -0.1) is 11.8 Å². The van der Waals surface area contributed by atoms with Crippen LogP contribution in [0.15, 0.2) is 12.1 Å². The summed E-state index contributed by atoms with van der Waals surface area (Å²) >= 11 is 1.09. The third-order valence-electron chi connectivity index (χ3n) is 3.13. The van der Waals surface area contributed by atoms with Gasteiger partial charge in [0.05, 0.1) is 25.7 Å². The number of carboxylic acid groups (broad SMARTS) is 1. The summed E-state index contributed by atoms with van der Waals surface area (Å²) in [5.74, 6) is 0.306. The van der Waals surface area contributed by atoms with E-state index >= 15 is 0 Å². The van der Waals surface area contributed by atoms with Gasteiger partial charge in [0, 0.05) is 13.6 Å². The van der Waals surface area contributed by atoms with E-state index in [9.17, 15) is 9.59 Å². The molecule has 1 amide bonds. The molecule has 0 heterocycles. The van der Waals surface area contributed by atoms with Gasteiger partial charge < -0.3 is 19.5 Å². The van der Waals surface area contributed by atoms with Gasteiger partial charge in [0.1, 0.15) is 0 Å². The SMILES string of the molecule is COc1cc(C)c(CN(C)C(=O)CSCC(=O)O)cc1OC. The average Bonchev–Trinajstić information content (AvgIpc) is 2.48. The summed E-state index contributed by atoms with van der Waals surface area (Å²) in [7, 11) is 4.83. The standard InChI is InChI=1S/C15H21NO5S/c1-10-5-12(20-3)13(21-4)6-11(10)7-16(2)14(17)8-22-9-15(18)19/h5-6H,7-9H2,1-4H3,(H,18,19). The lowest BCUT2D eigenvalue weighted by molar-refractivity contribution is -0.133. The van der Waals surface area contributed by atoms with Crippen LogP contribution in [0.4, 0.5) is 0 Å². The molecule has 0 atom stereocenters. The number of carbonyl (C=O) groups is 2. The van der Waals surface area contributed by atoms with E-state index in [1.54, 1.807) is 26.2 Å². The fourth-order valence-corrected chi connectivity index (χ4v) is 2.54. The minimum absolute atomic E-state index is 0.0744. The van der Waals surface area contributed by atoms with Crippen LogP contribution < -0.4 is 9.47 Å². The number of hydrogen-bond donors (Lipinski definition) is 1. The maximum absolute atomic E-state index is 12.0. The van der Waals surface area contributed by atoms with E-state index in [2.05, 4.69) is 0 Å². The Bertz CT molecular complexity index is 547. The summed E-state index contributed by atoms with van der Waals surface area (Å²) in [6.07, 6.45) is 0. The minimum Gasteiger partial charge on any atom is -0.493 e. The van der Waals surface area contributed by atoms with Crippen LogP contribution in [0.2, 0.25) is 0 Å². The van der Waals surface area contributed by atoms with Crippen molar-refractivity contribution >= 4 is 23.6 Å². The number of carbonyl (C=O) groups excluding carboxylic acids is 1. The van der Waals surface area contributed by atoms with Crippen LogP contribution in [0, 0.1) is 6.92 Å². The van der Waals surface area contributed by atoms with Crippen LogP contribution >= 0.6 is 11.8 Å². The van der Waals surface area contributed by atoms with Gasteiger partial charge in [-0.3, -0.25) is 9.59 Å². The molecule has 0 saturated heterocycles. The largest absolute Gasteiger partial charge is 0.493 e. The summed E-state index contributed by atoms with van der Waals surface area (Å²) in [6.45, 7) is 2.37. The summed E-state index contributed by atoms with van der Waals surface area (Å²) < 4.78 is 10.5. The van der Waals surface area contributed by atoms with Gasteiger partial charge in [-0.2, -0.15) is 0 Å². The van der Waals surface area contributed by atoms with E-state index in [-0.39, 0.29) is 17.4 Å². The Morgan fingerprint density at radius 2 is 1.77 bits per heavy atom. The molecule has 0 unspecified atom stereocenters. The van der Waals surface area contributed by atoms with Crippen molar-refractivity contribution in [2.75, 3.05) is 32.8 Å². The highest BCUT2D eigenvalue weighted by molar-refractivity contribution is 8.00. The smallest absolute Gasteiger partial charge is 0.313 e. The zero-order valence-electron chi connectivity index (χ0n) is 13.2. The molecule has 6 nitrogen and oxygen atoms in total. The molecule has 1 rings (SSSR count). The topological polar surface area (TPSA) is 76.1 Å². The van der Waals surface area contributed by atoms with Crippen LogP contribution in [0.3, 0.4) is 0 Å². The third-order valence-corrected chi connectivity index (χ3v) is 4.03. The fraction of sp³-hybridized carbons (Fsp3) is 0.467. The Labute approximate surface area is 134 Å². The lowest BCUT2D eigenvalue weighted by Crippen LogP contribution is -2.28. The van der Waals surface area contributed by atoms with E-state index in [0.29, 0.717) is 18.0 Å². The number of carboxylic acids is 1. The van der Waals surface area contributed by atoms with E-state index in [4.69, 9.17) is 14.6 Å². The highest BCUT2D eigenvalue weighted by atomic mass is 32.2. The molecule has 0 aliphatic rings. The van der Waals surface area contributed by atoms with Crippen molar-refractivity contribution < 1.29 is 24.2 Å². The number of rotatable bonds is 8. The number of methoxy groups -OCH3 is 2. The van der Waals surface area contributed by atoms with Crippen molar-refractivity contribution in [3.05, 3.63) is 23.3 Å². The summed E-state index contributed by atoms with van der Waals surface area (Å²) in [6, 6.07) is 3.72. The first-order valence-corrected chi connectivity index (χ1v) is 7.79. The zero-order chi connectivity index (χ0) is 16.7. The Morgan fingerprint density at radius 3 is 2.32 bits per heavy atom. The van der Waals surface area contributed by atoms with E-state index in [0.717, 1.165) is 22.9 Å². The number of ether oxygens (including phenoxy) is 2. The molecule has 1 aromatic rings. The molecule has 0 spiro atoms. The normalized spacial score (nSPS) is 10.2. The highest BCUT2D eigenvalue weighted by Crippen LogP contribution is 2.30. The van der Waals surface area contributed by atoms with Gasteiger partial charge in [0.15, 0.2) is 11.5 Å². The number of benzene rings is 1. The summed E-state index contributed by atoms with van der Waals surface area (Å²) in [5, 5.41) is 8.57. The monoisotopic (exact) mass is 327 g/mol. The molecule has 1 N–H and O–H groups in total. The molecule has 1 aromatic carbocycles. The molecule has 122 valence electrons. The molecule has 0 aliphatic heterocycles. The predicted molar refractivity (Wildman–Crippen MR) is 85.7 cm³/mol. The molecule has 0 fully saturated rings. The van der Waals surface area contributed by atoms with E-state index in [1.165, 1.54) is 0 Å². The first-order valence-electron chi connectivity index (χ1n) is 6.64. The minimum atomic E-state index is -0.920. The number of nitrogens with zero attached hydrogens (tertiary/aromatic N) is 1. The Balaban J connectivity index is 2.73. The molecule has 0 aromatic heterocycles. The maximum atomic E-state index is 12.0. The summed E-state index contributed by atoms with van der Waals surface area (Å²) in [4.78, 5) is 24.0. The molecule has 0 saturated carbocycles. The van der Waals surface area contributed by atoms with Crippen molar-refractivity contribution in [3.63, 3.8) is 0 Å². The first kappa shape index (κ1) is 18.2. The third kappa shape index (κ3) is 5.14. The van der Waals surface area contributed by atoms with Crippen molar-refractivity contribution in [2.45, 2.75) is 13.5 Å². The number of hydrogen-bond acceptors (Lipinski definition) is 5. The molecule has 0 radical (unpaired) electrons. The van der Waals surface area contributed by atoms with Crippen molar-refractivity contribution in [1.29, 1.82) is 0 Å². The quantitative estimate of drug-likeness (QED) is 0.784. The Kier molecular flexibility index (Phi) is 7.04. The number of amides is 1. The molecule has 7 heteroatoms. The van der Waals surface area contributed by atoms with E-state index in [1.807, 2.05) is 19.1 Å². The van der Waals surface area contributed by atoms with Crippen molar-refractivity contribution in [2.24, 2.45) is 0 Å². The van der Waals surface area contributed by atoms with Crippen LogP contribution in [-0.4, -0.2) is 54.7 Å². The lowest BCUT2D eigenvalue weighted by Gasteiger charge is -2.19. The number of thioether (sulfide) groups is 1. The molecule has 0 bridgehead atoms. The Hall–Kier alpha value is -1.89. The summed E-state index contributed by atoms with van der Waals surface area (Å²) in [5.41, 5.74) is 1.95. The fourth-order valence-electron chi connectivity index (χ4n) is 1.87. The molecule has 22 heavy (non-hydrogen) atoms. The lowest BCUT2D eigenvalue weighted by atomic mass is 10.1. The predicted octanol–water partition coefficient (Wildman–Crippen LogP) is 1.79. The second-order valence-electron chi connectivity index (χ2n) is 4.77. The Morgan fingerprint density at radius 1 is 1.18 bits per heavy atom. The zero-order valence-corrected chi connectivity index (χ0v) is 14.0. The van der Waals surface area contributed by atoms with Crippen LogP contribution in [0.5, 0.6) is 11.5 Å². The van der Waals surface area contributed by atoms with Gasteiger partial charge in [0.2, 0.25) is 5.91 Å². The average molecular weight is 327 g/mol. The van der Waals surface area contributed by atoms with Crippen molar-refractivity contribution in [3.8, 4) is 11.5 Å². The first-order chi connectivity index (χ1) is 10.4. The second kappa shape index (κ2) is 8.53. The maximum Gasteiger partial charge on any atom is 0.313 e. The number of aryl methyl sites for hydroxylation is 1. The molecular weight excluding hydrogens is 306 g/mol. The molecule has 0 aliphatic carbocycles. The van der Waals surface area contributed by atoms with E-state index < -0.39 is 5.97 Å². The molecular formula is C15H21NO5S. The van der Waals surface area contributed by atoms with Gasteiger partial charge in [-0.05, 0) is 30.2 Å². The second-order valence-corrected chi connectivity index (χ2v) is 5.76. The van der Waals surface area contributed by atoms with Gasteiger partial charge in [-0.1, -0.05) is 0 Å². The van der Waals surface area contributed by atoms with Crippen molar-refractivity contribution in [1.82, 2.24) is 4.90 Å².